The summed E-state index contributed by atoms with van der Waals surface area (Å²) in [6.45, 7) is 10.4. The molecule has 11 aromatic rings. The largest absolute Gasteiger partial charge is 0.455 e. The number of hydrogen-bond acceptors (Lipinski definition) is 2. The van der Waals surface area contributed by atoms with E-state index in [1.807, 2.05) is 0 Å². The van der Waals surface area contributed by atoms with Crippen molar-refractivity contribution in [2.75, 3.05) is 0 Å². The van der Waals surface area contributed by atoms with Crippen molar-refractivity contribution in [2.24, 2.45) is 0 Å². The van der Waals surface area contributed by atoms with Crippen molar-refractivity contribution in [3.05, 3.63) is 158 Å². The molecular formula is C54H38O2Si2. The maximum Gasteiger partial charge on any atom is 0.143 e. The van der Waals surface area contributed by atoms with E-state index in [1.165, 1.54) is 98.0 Å². The minimum Gasteiger partial charge on any atom is -0.455 e. The molecular weight excluding hydrogens is 737 g/mol. The second kappa shape index (κ2) is 11.1. The van der Waals surface area contributed by atoms with E-state index in [-0.39, 0.29) is 0 Å². The first-order valence-electron chi connectivity index (χ1n) is 20.4. The number of para-hydroxylation sites is 2. The Bertz CT molecular complexity index is 3390. The molecule has 274 valence electrons. The minimum atomic E-state index is -2.33. The van der Waals surface area contributed by atoms with Crippen LogP contribution in [0.4, 0.5) is 0 Å². The molecule has 0 bridgehead atoms. The predicted octanol–water partition coefficient (Wildman–Crippen LogP) is 12.7. The lowest BCUT2D eigenvalue weighted by molar-refractivity contribution is 0.670. The first kappa shape index (κ1) is 32.6. The summed E-state index contributed by atoms with van der Waals surface area (Å²) in [5.41, 5.74) is 14.3. The van der Waals surface area contributed by atoms with Crippen LogP contribution in [0.2, 0.25) is 26.2 Å². The zero-order chi connectivity index (χ0) is 38.7. The van der Waals surface area contributed by atoms with Crippen molar-refractivity contribution in [1.29, 1.82) is 0 Å². The number of rotatable bonds is 2. The molecule has 0 fully saturated rings. The first-order valence-corrected chi connectivity index (χ1v) is 26.4. The highest BCUT2D eigenvalue weighted by atomic mass is 28.3. The molecule has 2 aliphatic rings. The van der Waals surface area contributed by atoms with Gasteiger partial charge in [-0.15, -0.1) is 0 Å². The highest BCUT2D eigenvalue weighted by Gasteiger charge is 2.50. The molecule has 2 aromatic heterocycles. The van der Waals surface area contributed by atoms with E-state index in [4.69, 9.17) is 8.83 Å². The third-order valence-electron chi connectivity index (χ3n) is 13.8. The van der Waals surface area contributed by atoms with Crippen molar-refractivity contribution in [3.63, 3.8) is 0 Å². The molecule has 0 spiro atoms. The average molecular weight is 775 g/mol. The molecule has 0 unspecified atom stereocenters. The summed E-state index contributed by atoms with van der Waals surface area (Å²) in [6.07, 6.45) is 0. The van der Waals surface area contributed by atoms with Crippen LogP contribution >= 0.6 is 0 Å². The second-order valence-electron chi connectivity index (χ2n) is 17.5. The van der Waals surface area contributed by atoms with Crippen LogP contribution in [0.3, 0.4) is 0 Å². The summed E-state index contributed by atoms with van der Waals surface area (Å²) in [5.74, 6) is 0. The normalized spacial score (nSPS) is 14.8. The van der Waals surface area contributed by atoms with Gasteiger partial charge in [0, 0.05) is 32.7 Å². The molecule has 2 aliphatic heterocycles. The van der Waals surface area contributed by atoms with Gasteiger partial charge in [-0.25, -0.2) is 0 Å². The highest BCUT2D eigenvalue weighted by molar-refractivity contribution is 7.13. The summed E-state index contributed by atoms with van der Waals surface area (Å²) in [7, 11) is -4.67. The molecule has 2 nitrogen and oxygen atoms in total. The van der Waals surface area contributed by atoms with E-state index in [2.05, 4.69) is 184 Å². The third kappa shape index (κ3) is 4.01. The summed E-state index contributed by atoms with van der Waals surface area (Å²) >= 11 is 0. The fourth-order valence-electron chi connectivity index (χ4n) is 11.3. The van der Waals surface area contributed by atoms with Crippen LogP contribution in [-0.4, -0.2) is 16.1 Å². The Kier molecular flexibility index (Phi) is 6.26. The van der Waals surface area contributed by atoms with E-state index < -0.39 is 16.1 Å². The fourth-order valence-corrected chi connectivity index (χ4v) is 19.7. The smallest absolute Gasteiger partial charge is 0.143 e. The number of fused-ring (bicyclic) bond motifs is 17. The van der Waals surface area contributed by atoms with Gasteiger partial charge >= 0.3 is 0 Å². The lowest BCUT2D eigenvalue weighted by atomic mass is 9.90. The summed E-state index contributed by atoms with van der Waals surface area (Å²) in [6, 6.07) is 58.3. The molecule has 0 radical (unpaired) electrons. The Morgan fingerprint density at radius 3 is 1.17 bits per heavy atom. The van der Waals surface area contributed by atoms with Crippen LogP contribution in [0.25, 0.3) is 110 Å². The maximum absolute atomic E-state index is 7.06. The monoisotopic (exact) mass is 774 g/mol. The Morgan fingerprint density at radius 1 is 0.345 bits per heavy atom. The molecule has 4 heteroatoms. The Hall–Kier alpha value is -6.47. The van der Waals surface area contributed by atoms with E-state index in [0.29, 0.717) is 0 Å². The quantitative estimate of drug-likeness (QED) is 0.164. The zero-order valence-electron chi connectivity index (χ0n) is 32.8. The van der Waals surface area contributed by atoms with Crippen molar-refractivity contribution >= 4 is 102 Å². The lowest BCUT2D eigenvalue weighted by Gasteiger charge is -2.28. The van der Waals surface area contributed by atoms with Crippen LogP contribution in [0.1, 0.15) is 0 Å². The van der Waals surface area contributed by atoms with Gasteiger partial charge in [0.25, 0.3) is 0 Å². The van der Waals surface area contributed by atoms with Gasteiger partial charge in [-0.3, -0.25) is 0 Å². The average Bonchev–Trinajstić information content (AvgIpc) is 3.95. The van der Waals surface area contributed by atoms with E-state index in [0.717, 1.165) is 22.3 Å². The van der Waals surface area contributed by atoms with E-state index in [1.54, 1.807) is 10.4 Å². The third-order valence-corrected chi connectivity index (χ3v) is 21.1. The Morgan fingerprint density at radius 2 is 0.724 bits per heavy atom. The van der Waals surface area contributed by atoms with Gasteiger partial charge in [0.15, 0.2) is 0 Å². The van der Waals surface area contributed by atoms with Gasteiger partial charge in [0.1, 0.15) is 38.5 Å². The van der Waals surface area contributed by atoms with Gasteiger partial charge in [0.05, 0.1) is 0 Å². The topological polar surface area (TPSA) is 26.3 Å². The summed E-state index contributed by atoms with van der Waals surface area (Å²) in [4.78, 5) is 0. The molecule has 0 saturated heterocycles. The van der Waals surface area contributed by atoms with E-state index in [9.17, 15) is 0 Å². The number of furan rings is 2. The van der Waals surface area contributed by atoms with Crippen molar-refractivity contribution < 1.29 is 8.83 Å². The molecule has 0 saturated carbocycles. The number of benzene rings is 9. The molecule has 9 aromatic carbocycles. The molecule has 58 heavy (non-hydrogen) atoms. The number of hydrogen-bond donors (Lipinski definition) is 0. The van der Waals surface area contributed by atoms with E-state index >= 15 is 0 Å². The van der Waals surface area contributed by atoms with Gasteiger partial charge in [0.2, 0.25) is 0 Å². The standard InChI is InChI=1S/C54H38O2Si2/c1-57(2)45-29-41(35-23-13-17-31-15-5-7-19-33(31)35)47-37-21-9-11-25-43(37)55-51(47)49(45)39-27-28-40-50-46(58(3,4)54(40)53(39)57)30-42(36-24-14-18-32-16-6-8-20-34(32)36)48-38-22-10-12-26-44(38)56-52(48)50/h5-30H,1-4H3. The van der Waals surface area contributed by atoms with Gasteiger partial charge in [-0.1, -0.05) is 172 Å². The summed E-state index contributed by atoms with van der Waals surface area (Å²) in [5, 5.41) is 15.9. The predicted molar refractivity (Wildman–Crippen MR) is 251 cm³/mol. The fraction of sp³-hybridized carbons (Fsp3) is 0.0741. The molecule has 0 N–H and O–H groups in total. The van der Waals surface area contributed by atoms with Gasteiger partial charge < -0.3 is 8.83 Å². The van der Waals surface area contributed by atoms with Gasteiger partial charge in [-0.2, -0.15) is 0 Å². The van der Waals surface area contributed by atoms with Gasteiger partial charge in [-0.05, 0) is 87.8 Å². The van der Waals surface area contributed by atoms with Crippen molar-refractivity contribution in [2.45, 2.75) is 26.2 Å². The SMILES string of the molecule is C[Si]1(C)c2cc(-c3cccc4ccccc34)c3c(oc4ccccc43)c2-c2ccc3c(c21)[Si](C)(C)c1cc(-c2cccc4ccccc24)c2c(oc4ccccc42)c1-3. The van der Waals surface area contributed by atoms with Crippen LogP contribution in [0, 0.1) is 0 Å². The molecule has 4 heterocycles. The molecule has 0 atom stereocenters. The van der Waals surface area contributed by atoms with Crippen LogP contribution in [0.5, 0.6) is 0 Å². The molecule has 13 rings (SSSR count). The van der Waals surface area contributed by atoms with Crippen molar-refractivity contribution in [1.82, 2.24) is 0 Å². The lowest BCUT2D eigenvalue weighted by Crippen LogP contribution is -2.63. The Labute approximate surface area is 338 Å². The van der Waals surface area contributed by atoms with Crippen LogP contribution < -0.4 is 20.7 Å². The first-order chi connectivity index (χ1) is 28.3. The van der Waals surface area contributed by atoms with Crippen LogP contribution in [0.15, 0.2) is 167 Å². The zero-order valence-corrected chi connectivity index (χ0v) is 34.8. The molecule has 0 amide bonds. The highest BCUT2D eigenvalue weighted by Crippen LogP contribution is 2.49. The molecule has 0 aliphatic carbocycles. The maximum atomic E-state index is 7.06. The second-order valence-corrected chi connectivity index (χ2v) is 26.1. The Balaban J connectivity index is 1.13. The van der Waals surface area contributed by atoms with Crippen molar-refractivity contribution in [3.8, 4) is 44.5 Å². The summed E-state index contributed by atoms with van der Waals surface area (Å²) < 4.78 is 14.1. The van der Waals surface area contributed by atoms with Crippen LogP contribution in [-0.2, 0) is 0 Å². The minimum absolute atomic E-state index is 0.942.